The molecule has 1 atom stereocenters. The van der Waals surface area contributed by atoms with Gasteiger partial charge in [-0.3, -0.25) is 0 Å². The molecule has 3 nitrogen and oxygen atoms in total. The maximum absolute atomic E-state index is 5.95. The van der Waals surface area contributed by atoms with E-state index in [1.807, 2.05) is 13.8 Å². The highest BCUT2D eigenvalue weighted by atomic mass is 32.1. The third-order valence-corrected chi connectivity index (χ3v) is 4.54. The Bertz CT molecular complexity index is 560. The van der Waals surface area contributed by atoms with E-state index in [0.717, 1.165) is 17.4 Å². The van der Waals surface area contributed by atoms with E-state index in [2.05, 4.69) is 48.1 Å². The largest absolute Gasteiger partial charge is 0.347 e. The highest BCUT2D eigenvalue weighted by molar-refractivity contribution is 7.15. The van der Waals surface area contributed by atoms with E-state index in [-0.39, 0.29) is 6.04 Å². The van der Waals surface area contributed by atoms with Crippen LogP contribution >= 0.6 is 11.3 Å². The van der Waals surface area contributed by atoms with Crippen LogP contribution in [-0.4, -0.2) is 12.0 Å². The SMILES string of the molecule is Cc1cccc(CN(C)c2nc(C)c(C(C)N)s2)c1. The molecule has 19 heavy (non-hydrogen) atoms. The van der Waals surface area contributed by atoms with Crippen molar-refractivity contribution < 1.29 is 0 Å². The van der Waals surface area contributed by atoms with E-state index in [1.54, 1.807) is 11.3 Å². The summed E-state index contributed by atoms with van der Waals surface area (Å²) in [5.41, 5.74) is 9.59. The second-order valence-corrected chi connectivity index (χ2v) is 6.09. The smallest absolute Gasteiger partial charge is 0.185 e. The Labute approximate surface area is 119 Å². The van der Waals surface area contributed by atoms with Crippen molar-refractivity contribution in [2.45, 2.75) is 33.4 Å². The third-order valence-electron chi connectivity index (χ3n) is 3.06. The zero-order valence-electron chi connectivity index (χ0n) is 12.0. The number of rotatable bonds is 4. The average Bonchev–Trinajstić information content (AvgIpc) is 2.71. The fourth-order valence-electron chi connectivity index (χ4n) is 2.13. The predicted molar refractivity (Wildman–Crippen MR) is 82.7 cm³/mol. The summed E-state index contributed by atoms with van der Waals surface area (Å²) < 4.78 is 0. The van der Waals surface area contributed by atoms with Gasteiger partial charge in [0.1, 0.15) is 0 Å². The molecule has 2 rings (SSSR count). The van der Waals surface area contributed by atoms with Gasteiger partial charge in [-0.2, -0.15) is 0 Å². The van der Waals surface area contributed by atoms with Gasteiger partial charge in [-0.05, 0) is 26.3 Å². The number of nitrogens with zero attached hydrogens (tertiary/aromatic N) is 2. The van der Waals surface area contributed by atoms with E-state index < -0.39 is 0 Å². The van der Waals surface area contributed by atoms with Crippen molar-refractivity contribution in [2.24, 2.45) is 5.73 Å². The standard InChI is InChI=1S/C15H21N3S/c1-10-6-5-7-13(8-10)9-18(4)15-17-12(3)14(19-15)11(2)16/h5-8,11H,9,16H2,1-4H3. The average molecular weight is 275 g/mol. The molecule has 1 heterocycles. The Morgan fingerprint density at radius 1 is 1.37 bits per heavy atom. The molecular formula is C15H21N3S. The lowest BCUT2D eigenvalue weighted by Crippen LogP contribution is -2.16. The summed E-state index contributed by atoms with van der Waals surface area (Å²) in [6, 6.07) is 8.63. The zero-order chi connectivity index (χ0) is 14.0. The number of thiazole rings is 1. The summed E-state index contributed by atoms with van der Waals surface area (Å²) in [4.78, 5) is 7.97. The molecule has 0 saturated heterocycles. The molecule has 1 unspecified atom stereocenters. The predicted octanol–water partition coefficient (Wildman–Crippen LogP) is 3.42. The first-order valence-electron chi connectivity index (χ1n) is 6.47. The van der Waals surface area contributed by atoms with Crippen molar-refractivity contribution in [3.05, 3.63) is 46.0 Å². The van der Waals surface area contributed by atoms with Gasteiger partial charge in [0.2, 0.25) is 0 Å². The fourth-order valence-corrected chi connectivity index (χ4v) is 3.11. The minimum Gasteiger partial charge on any atom is -0.347 e. The van der Waals surface area contributed by atoms with Crippen LogP contribution in [0.3, 0.4) is 0 Å². The molecule has 0 bridgehead atoms. The molecular weight excluding hydrogens is 254 g/mol. The van der Waals surface area contributed by atoms with Crippen LogP contribution in [0, 0.1) is 13.8 Å². The van der Waals surface area contributed by atoms with Crippen LogP contribution in [0.2, 0.25) is 0 Å². The Morgan fingerprint density at radius 3 is 2.68 bits per heavy atom. The van der Waals surface area contributed by atoms with E-state index in [4.69, 9.17) is 5.73 Å². The molecule has 0 amide bonds. The van der Waals surface area contributed by atoms with Crippen LogP contribution in [0.1, 0.15) is 34.7 Å². The molecule has 102 valence electrons. The maximum atomic E-state index is 5.95. The van der Waals surface area contributed by atoms with Crippen molar-refractivity contribution in [1.82, 2.24) is 4.98 Å². The van der Waals surface area contributed by atoms with Crippen LogP contribution < -0.4 is 10.6 Å². The van der Waals surface area contributed by atoms with Gasteiger partial charge in [0.15, 0.2) is 5.13 Å². The van der Waals surface area contributed by atoms with Crippen molar-refractivity contribution >= 4 is 16.5 Å². The Morgan fingerprint density at radius 2 is 2.11 bits per heavy atom. The monoisotopic (exact) mass is 275 g/mol. The number of aromatic nitrogens is 1. The molecule has 4 heteroatoms. The van der Waals surface area contributed by atoms with Crippen LogP contribution in [-0.2, 0) is 6.54 Å². The molecule has 0 fully saturated rings. The van der Waals surface area contributed by atoms with Gasteiger partial charge in [0.25, 0.3) is 0 Å². The van der Waals surface area contributed by atoms with Gasteiger partial charge >= 0.3 is 0 Å². The van der Waals surface area contributed by atoms with Gasteiger partial charge in [0.05, 0.1) is 5.69 Å². The van der Waals surface area contributed by atoms with Gasteiger partial charge in [-0.15, -0.1) is 11.3 Å². The van der Waals surface area contributed by atoms with Crippen LogP contribution in [0.5, 0.6) is 0 Å². The minimum absolute atomic E-state index is 0.0543. The molecule has 0 aliphatic rings. The molecule has 2 N–H and O–H groups in total. The molecule has 0 saturated carbocycles. The van der Waals surface area contributed by atoms with Crippen molar-refractivity contribution in [2.75, 3.05) is 11.9 Å². The van der Waals surface area contributed by atoms with E-state index in [1.165, 1.54) is 16.0 Å². The number of nitrogens with two attached hydrogens (primary N) is 1. The second-order valence-electron chi connectivity index (χ2n) is 5.08. The molecule has 0 spiro atoms. The number of hydrogen-bond acceptors (Lipinski definition) is 4. The molecule has 1 aromatic carbocycles. The maximum Gasteiger partial charge on any atom is 0.185 e. The zero-order valence-corrected chi connectivity index (χ0v) is 12.8. The molecule has 0 radical (unpaired) electrons. The van der Waals surface area contributed by atoms with E-state index >= 15 is 0 Å². The number of benzene rings is 1. The third kappa shape index (κ3) is 3.33. The minimum atomic E-state index is 0.0543. The lowest BCUT2D eigenvalue weighted by molar-refractivity contribution is 0.824. The quantitative estimate of drug-likeness (QED) is 0.929. The first-order valence-corrected chi connectivity index (χ1v) is 7.28. The number of hydrogen-bond donors (Lipinski definition) is 1. The second kappa shape index (κ2) is 5.72. The van der Waals surface area contributed by atoms with Gasteiger partial charge in [-0.25, -0.2) is 4.98 Å². The summed E-state index contributed by atoms with van der Waals surface area (Å²) in [6.07, 6.45) is 0. The fraction of sp³-hybridized carbons (Fsp3) is 0.400. The molecule has 2 aromatic rings. The summed E-state index contributed by atoms with van der Waals surface area (Å²) in [5.74, 6) is 0. The lowest BCUT2D eigenvalue weighted by Gasteiger charge is -2.16. The van der Waals surface area contributed by atoms with E-state index in [0.29, 0.717) is 0 Å². The number of aryl methyl sites for hydroxylation is 2. The summed E-state index contributed by atoms with van der Waals surface area (Å²) in [7, 11) is 2.07. The van der Waals surface area contributed by atoms with Gasteiger partial charge in [-0.1, -0.05) is 29.8 Å². The first-order chi connectivity index (χ1) is 8.97. The molecule has 0 aliphatic heterocycles. The normalized spacial score (nSPS) is 12.5. The topological polar surface area (TPSA) is 42.2 Å². The Kier molecular flexibility index (Phi) is 4.22. The number of anilines is 1. The first kappa shape index (κ1) is 14.0. The van der Waals surface area contributed by atoms with Gasteiger partial charge in [0, 0.05) is 24.5 Å². The highest BCUT2D eigenvalue weighted by Crippen LogP contribution is 2.29. The lowest BCUT2D eigenvalue weighted by atomic mass is 10.1. The van der Waals surface area contributed by atoms with Crippen molar-refractivity contribution in [1.29, 1.82) is 0 Å². The highest BCUT2D eigenvalue weighted by Gasteiger charge is 2.14. The van der Waals surface area contributed by atoms with Crippen molar-refractivity contribution in [3.63, 3.8) is 0 Å². The Balaban J connectivity index is 2.16. The molecule has 0 aliphatic carbocycles. The summed E-state index contributed by atoms with van der Waals surface area (Å²) >= 11 is 1.69. The molecule has 1 aromatic heterocycles. The van der Waals surface area contributed by atoms with Crippen LogP contribution in [0.25, 0.3) is 0 Å². The summed E-state index contributed by atoms with van der Waals surface area (Å²) in [5, 5.41) is 1.03. The van der Waals surface area contributed by atoms with Gasteiger partial charge < -0.3 is 10.6 Å². The summed E-state index contributed by atoms with van der Waals surface area (Å²) in [6.45, 7) is 7.02. The van der Waals surface area contributed by atoms with E-state index in [9.17, 15) is 0 Å². The van der Waals surface area contributed by atoms with Crippen LogP contribution in [0.4, 0.5) is 5.13 Å². The van der Waals surface area contributed by atoms with Crippen LogP contribution in [0.15, 0.2) is 24.3 Å². The van der Waals surface area contributed by atoms with Crippen molar-refractivity contribution in [3.8, 4) is 0 Å². The Hall–Kier alpha value is -1.39.